The quantitative estimate of drug-likeness (QED) is 0.913. The Labute approximate surface area is 119 Å². The van der Waals surface area contributed by atoms with Crippen molar-refractivity contribution in [3.05, 3.63) is 53.5 Å². The van der Waals surface area contributed by atoms with Crippen molar-refractivity contribution in [3.8, 4) is 0 Å². The van der Waals surface area contributed by atoms with Gasteiger partial charge < -0.3 is 10.2 Å². The van der Waals surface area contributed by atoms with Crippen molar-refractivity contribution in [2.75, 3.05) is 7.05 Å². The van der Waals surface area contributed by atoms with E-state index in [2.05, 4.69) is 0 Å². The van der Waals surface area contributed by atoms with Gasteiger partial charge in [0.2, 0.25) is 10.0 Å². The SMILES string of the molecule is Cc1occc1CN(C)S(=O)(=O)c1cccc(CN)c1. The van der Waals surface area contributed by atoms with Crippen molar-refractivity contribution in [2.45, 2.75) is 24.9 Å². The van der Waals surface area contributed by atoms with Gasteiger partial charge in [-0.1, -0.05) is 12.1 Å². The Morgan fingerprint density at radius 3 is 2.65 bits per heavy atom. The van der Waals surface area contributed by atoms with Crippen LogP contribution in [-0.2, 0) is 23.1 Å². The highest BCUT2D eigenvalue weighted by Gasteiger charge is 2.22. The van der Waals surface area contributed by atoms with E-state index < -0.39 is 10.0 Å². The molecule has 0 bridgehead atoms. The van der Waals surface area contributed by atoms with Crippen molar-refractivity contribution in [1.82, 2.24) is 4.31 Å². The summed E-state index contributed by atoms with van der Waals surface area (Å²) in [5.74, 6) is 0.725. The molecule has 0 amide bonds. The summed E-state index contributed by atoms with van der Waals surface area (Å²) in [4.78, 5) is 0.254. The number of sulfonamides is 1. The number of nitrogens with two attached hydrogens (primary N) is 1. The summed E-state index contributed by atoms with van der Waals surface area (Å²) in [6.45, 7) is 2.40. The zero-order valence-electron chi connectivity index (χ0n) is 11.5. The summed E-state index contributed by atoms with van der Waals surface area (Å²) in [5.41, 5.74) is 7.19. The molecule has 2 rings (SSSR count). The number of benzene rings is 1. The monoisotopic (exact) mass is 294 g/mol. The van der Waals surface area contributed by atoms with Crippen LogP contribution in [-0.4, -0.2) is 19.8 Å². The average Bonchev–Trinajstić information content (AvgIpc) is 2.84. The van der Waals surface area contributed by atoms with Crippen LogP contribution in [0.1, 0.15) is 16.9 Å². The first-order chi connectivity index (χ1) is 9.45. The molecule has 1 heterocycles. The molecule has 6 heteroatoms. The largest absolute Gasteiger partial charge is 0.469 e. The fourth-order valence-corrected chi connectivity index (χ4v) is 3.13. The molecule has 0 aliphatic carbocycles. The molecule has 0 spiro atoms. The first-order valence-corrected chi connectivity index (χ1v) is 7.67. The third kappa shape index (κ3) is 2.92. The van der Waals surface area contributed by atoms with E-state index in [1.807, 2.05) is 6.92 Å². The summed E-state index contributed by atoms with van der Waals surface area (Å²) in [6.07, 6.45) is 1.56. The summed E-state index contributed by atoms with van der Waals surface area (Å²) in [7, 11) is -1.98. The molecule has 2 N–H and O–H groups in total. The van der Waals surface area contributed by atoms with E-state index in [9.17, 15) is 8.42 Å². The maximum absolute atomic E-state index is 12.5. The van der Waals surface area contributed by atoms with Gasteiger partial charge >= 0.3 is 0 Å². The lowest BCUT2D eigenvalue weighted by Crippen LogP contribution is -2.26. The van der Waals surface area contributed by atoms with Gasteiger partial charge in [-0.15, -0.1) is 0 Å². The topological polar surface area (TPSA) is 76.5 Å². The maximum Gasteiger partial charge on any atom is 0.243 e. The second kappa shape index (κ2) is 5.78. The number of nitrogens with zero attached hydrogens (tertiary/aromatic N) is 1. The highest BCUT2D eigenvalue weighted by molar-refractivity contribution is 7.89. The minimum atomic E-state index is -3.53. The van der Waals surface area contributed by atoms with Crippen LogP contribution in [0.15, 0.2) is 45.9 Å². The third-order valence-electron chi connectivity index (χ3n) is 3.20. The van der Waals surface area contributed by atoms with Crippen molar-refractivity contribution >= 4 is 10.0 Å². The second-order valence-electron chi connectivity index (χ2n) is 4.61. The van der Waals surface area contributed by atoms with E-state index in [0.717, 1.165) is 16.9 Å². The van der Waals surface area contributed by atoms with Crippen molar-refractivity contribution in [2.24, 2.45) is 5.73 Å². The minimum absolute atomic E-state index is 0.254. The fourth-order valence-electron chi connectivity index (χ4n) is 1.91. The highest BCUT2D eigenvalue weighted by Crippen LogP contribution is 2.19. The Balaban J connectivity index is 2.27. The fraction of sp³-hybridized carbons (Fsp3) is 0.286. The van der Waals surface area contributed by atoms with E-state index in [4.69, 9.17) is 10.2 Å². The number of hydrogen-bond donors (Lipinski definition) is 1. The lowest BCUT2D eigenvalue weighted by atomic mass is 10.2. The molecular weight excluding hydrogens is 276 g/mol. The van der Waals surface area contributed by atoms with Gasteiger partial charge in [0.25, 0.3) is 0 Å². The molecular formula is C14H18N2O3S. The Morgan fingerprint density at radius 1 is 1.30 bits per heavy atom. The highest BCUT2D eigenvalue weighted by atomic mass is 32.2. The van der Waals surface area contributed by atoms with Gasteiger partial charge in [-0.05, 0) is 30.7 Å². The smallest absolute Gasteiger partial charge is 0.243 e. The van der Waals surface area contributed by atoms with Crippen molar-refractivity contribution in [1.29, 1.82) is 0 Å². The molecule has 0 aliphatic heterocycles. The Bertz CT molecular complexity index is 692. The van der Waals surface area contributed by atoms with E-state index in [0.29, 0.717) is 6.54 Å². The van der Waals surface area contributed by atoms with E-state index in [1.165, 1.54) is 4.31 Å². The summed E-state index contributed by atoms with van der Waals surface area (Å²) in [5, 5.41) is 0. The van der Waals surface area contributed by atoms with Gasteiger partial charge in [0.1, 0.15) is 5.76 Å². The Hall–Kier alpha value is -1.63. The van der Waals surface area contributed by atoms with Crippen LogP contribution in [0.3, 0.4) is 0 Å². The second-order valence-corrected chi connectivity index (χ2v) is 6.66. The molecule has 0 atom stereocenters. The molecule has 1 aromatic heterocycles. The number of aryl methyl sites for hydroxylation is 1. The molecule has 0 saturated carbocycles. The van der Waals surface area contributed by atoms with Crippen molar-refractivity contribution in [3.63, 3.8) is 0 Å². The van der Waals surface area contributed by atoms with Gasteiger partial charge in [-0.25, -0.2) is 8.42 Å². The summed E-state index contributed by atoms with van der Waals surface area (Å²) >= 11 is 0. The number of furan rings is 1. The lowest BCUT2D eigenvalue weighted by Gasteiger charge is -2.17. The molecule has 2 aromatic rings. The summed E-state index contributed by atoms with van der Waals surface area (Å²) < 4.78 is 31.5. The number of hydrogen-bond acceptors (Lipinski definition) is 4. The Kier molecular flexibility index (Phi) is 4.27. The molecule has 0 fully saturated rings. The predicted octanol–water partition coefficient (Wildman–Crippen LogP) is 1.87. The van der Waals surface area contributed by atoms with Gasteiger partial charge in [-0.2, -0.15) is 4.31 Å². The summed E-state index contributed by atoms with van der Waals surface area (Å²) in [6, 6.07) is 8.46. The van der Waals surface area contributed by atoms with E-state index >= 15 is 0 Å². The molecule has 0 unspecified atom stereocenters. The van der Waals surface area contributed by atoms with Crippen LogP contribution in [0.5, 0.6) is 0 Å². The Morgan fingerprint density at radius 2 is 2.05 bits per heavy atom. The normalized spacial score (nSPS) is 12.0. The van der Waals surface area contributed by atoms with Crippen LogP contribution in [0, 0.1) is 6.92 Å². The van der Waals surface area contributed by atoms with E-state index in [-0.39, 0.29) is 11.4 Å². The first-order valence-electron chi connectivity index (χ1n) is 6.23. The van der Waals surface area contributed by atoms with Gasteiger partial charge in [0.05, 0.1) is 11.2 Å². The van der Waals surface area contributed by atoms with Gasteiger partial charge in [0.15, 0.2) is 0 Å². The van der Waals surface area contributed by atoms with Crippen LogP contribution in [0.4, 0.5) is 0 Å². The predicted molar refractivity (Wildman–Crippen MR) is 76.4 cm³/mol. The zero-order chi connectivity index (χ0) is 14.8. The molecule has 108 valence electrons. The van der Waals surface area contributed by atoms with Crippen LogP contribution in [0.2, 0.25) is 0 Å². The van der Waals surface area contributed by atoms with Crippen molar-refractivity contribution < 1.29 is 12.8 Å². The van der Waals surface area contributed by atoms with Crippen LogP contribution >= 0.6 is 0 Å². The average molecular weight is 294 g/mol. The standard InChI is InChI=1S/C14H18N2O3S/c1-11-13(6-7-19-11)10-16(2)20(17,18)14-5-3-4-12(8-14)9-15/h3-8H,9-10,15H2,1-2H3. The lowest BCUT2D eigenvalue weighted by molar-refractivity contribution is 0.459. The van der Waals surface area contributed by atoms with Crippen LogP contribution in [0.25, 0.3) is 0 Å². The molecule has 0 aliphatic rings. The number of rotatable bonds is 5. The van der Waals surface area contributed by atoms with Gasteiger partial charge in [0, 0.05) is 25.7 Å². The van der Waals surface area contributed by atoms with E-state index in [1.54, 1.807) is 43.6 Å². The third-order valence-corrected chi connectivity index (χ3v) is 5.00. The molecule has 0 radical (unpaired) electrons. The van der Waals surface area contributed by atoms with Crippen LogP contribution < -0.4 is 5.73 Å². The molecule has 0 saturated heterocycles. The molecule has 5 nitrogen and oxygen atoms in total. The first kappa shape index (κ1) is 14.8. The minimum Gasteiger partial charge on any atom is -0.469 e. The maximum atomic E-state index is 12.5. The van der Waals surface area contributed by atoms with Gasteiger partial charge in [-0.3, -0.25) is 0 Å². The zero-order valence-corrected chi connectivity index (χ0v) is 12.4. The molecule has 20 heavy (non-hydrogen) atoms. The molecule has 1 aromatic carbocycles.